The van der Waals surface area contributed by atoms with E-state index in [-0.39, 0.29) is 12.4 Å². The van der Waals surface area contributed by atoms with E-state index in [0.717, 1.165) is 16.9 Å². The maximum Gasteiger partial charge on any atom is 0.422 e. The second kappa shape index (κ2) is 9.82. The van der Waals surface area contributed by atoms with Crippen LogP contribution in [0.1, 0.15) is 16.7 Å². The molecule has 0 amide bonds. The molecule has 1 aromatic heterocycles. The Bertz CT molecular complexity index is 810. The van der Waals surface area contributed by atoms with Gasteiger partial charge in [-0.1, -0.05) is 18.2 Å². The SMILES string of the molecule is CN=C(NCc1ccc(C)cc1OC)NCc1cccnc1OCC(F)(F)F. The number of methoxy groups -OCH3 is 1. The molecule has 0 unspecified atom stereocenters. The minimum absolute atomic E-state index is 0.0667. The Morgan fingerprint density at radius 2 is 1.86 bits per heavy atom. The van der Waals surface area contributed by atoms with Crippen molar-refractivity contribution < 1.29 is 22.6 Å². The van der Waals surface area contributed by atoms with Gasteiger partial charge >= 0.3 is 6.18 Å². The van der Waals surface area contributed by atoms with Crippen molar-refractivity contribution in [1.82, 2.24) is 15.6 Å². The molecule has 0 bridgehead atoms. The fourth-order valence-electron chi connectivity index (χ4n) is 2.42. The number of halogens is 3. The molecule has 0 atom stereocenters. The van der Waals surface area contributed by atoms with Crippen molar-refractivity contribution in [3.05, 3.63) is 53.2 Å². The van der Waals surface area contributed by atoms with Crippen molar-refractivity contribution in [2.24, 2.45) is 4.99 Å². The Labute approximate surface area is 161 Å². The zero-order valence-electron chi connectivity index (χ0n) is 15.9. The topological polar surface area (TPSA) is 67.8 Å². The van der Waals surface area contributed by atoms with Gasteiger partial charge in [0.1, 0.15) is 5.75 Å². The Hall–Kier alpha value is -2.97. The molecule has 0 aliphatic rings. The predicted octanol–water partition coefficient (Wildman–Crippen LogP) is 3.20. The van der Waals surface area contributed by atoms with Crippen molar-refractivity contribution in [1.29, 1.82) is 0 Å². The summed E-state index contributed by atoms with van der Waals surface area (Å²) in [6.07, 6.45) is -3.04. The molecule has 152 valence electrons. The standard InChI is InChI=1S/C19H23F3N4O2/c1-13-6-7-14(16(9-13)27-3)10-25-18(23-2)26-11-15-5-4-8-24-17(15)28-12-19(20,21)22/h4-9H,10-12H2,1-3H3,(H2,23,25,26). The van der Waals surface area contributed by atoms with Crippen LogP contribution in [0.5, 0.6) is 11.6 Å². The zero-order chi connectivity index (χ0) is 20.6. The van der Waals surface area contributed by atoms with Crippen LogP contribution >= 0.6 is 0 Å². The highest BCUT2D eigenvalue weighted by molar-refractivity contribution is 5.79. The molecule has 2 aromatic rings. The van der Waals surface area contributed by atoms with Gasteiger partial charge in [0, 0.05) is 37.5 Å². The largest absolute Gasteiger partial charge is 0.496 e. The van der Waals surface area contributed by atoms with Gasteiger partial charge in [0.25, 0.3) is 0 Å². The van der Waals surface area contributed by atoms with Crippen LogP contribution in [-0.4, -0.2) is 37.9 Å². The highest BCUT2D eigenvalue weighted by Crippen LogP contribution is 2.21. The molecule has 1 heterocycles. The fraction of sp³-hybridized carbons (Fsp3) is 0.368. The number of nitrogens with zero attached hydrogens (tertiary/aromatic N) is 2. The summed E-state index contributed by atoms with van der Waals surface area (Å²) in [4.78, 5) is 7.99. The number of aromatic nitrogens is 1. The third-order valence-corrected chi connectivity index (χ3v) is 3.78. The number of hydrogen-bond acceptors (Lipinski definition) is 4. The van der Waals surface area contributed by atoms with Crippen LogP contribution in [0, 0.1) is 6.92 Å². The maximum absolute atomic E-state index is 12.4. The van der Waals surface area contributed by atoms with E-state index >= 15 is 0 Å². The summed E-state index contributed by atoms with van der Waals surface area (Å²) in [7, 11) is 3.21. The third kappa shape index (κ3) is 6.64. The number of benzene rings is 1. The molecule has 9 heteroatoms. The molecule has 28 heavy (non-hydrogen) atoms. The molecule has 0 aliphatic heterocycles. The number of alkyl halides is 3. The summed E-state index contributed by atoms with van der Waals surface area (Å²) in [6, 6.07) is 9.15. The lowest BCUT2D eigenvalue weighted by atomic mass is 10.1. The van der Waals surface area contributed by atoms with Gasteiger partial charge in [-0.2, -0.15) is 13.2 Å². The van der Waals surface area contributed by atoms with E-state index in [1.54, 1.807) is 26.3 Å². The number of pyridine rings is 1. The fourth-order valence-corrected chi connectivity index (χ4v) is 2.42. The molecular weight excluding hydrogens is 373 g/mol. The highest BCUT2D eigenvalue weighted by atomic mass is 19.4. The number of aliphatic imine (C=N–C) groups is 1. The van der Waals surface area contributed by atoms with Gasteiger partial charge in [-0.3, -0.25) is 4.99 Å². The van der Waals surface area contributed by atoms with E-state index in [0.29, 0.717) is 18.1 Å². The first kappa shape index (κ1) is 21.3. The smallest absolute Gasteiger partial charge is 0.422 e. The molecule has 0 aliphatic carbocycles. The van der Waals surface area contributed by atoms with Gasteiger partial charge in [-0.25, -0.2) is 4.98 Å². The number of rotatable bonds is 7. The van der Waals surface area contributed by atoms with Crippen LogP contribution in [0.3, 0.4) is 0 Å². The molecule has 0 spiro atoms. The van der Waals surface area contributed by atoms with E-state index in [9.17, 15) is 13.2 Å². The second-order valence-electron chi connectivity index (χ2n) is 5.97. The monoisotopic (exact) mass is 396 g/mol. The number of aryl methyl sites for hydroxylation is 1. The highest BCUT2D eigenvalue weighted by Gasteiger charge is 2.29. The van der Waals surface area contributed by atoms with Crippen molar-refractivity contribution in [2.75, 3.05) is 20.8 Å². The zero-order valence-corrected chi connectivity index (χ0v) is 15.9. The molecule has 0 saturated heterocycles. The van der Waals surface area contributed by atoms with E-state index < -0.39 is 12.8 Å². The van der Waals surface area contributed by atoms with Crippen molar-refractivity contribution >= 4 is 5.96 Å². The van der Waals surface area contributed by atoms with E-state index in [1.165, 1.54) is 6.20 Å². The second-order valence-corrected chi connectivity index (χ2v) is 5.97. The van der Waals surface area contributed by atoms with Crippen molar-refractivity contribution in [3.8, 4) is 11.6 Å². The average Bonchev–Trinajstić information content (AvgIpc) is 2.67. The number of guanidine groups is 1. The van der Waals surface area contributed by atoms with Crippen LogP contribution in [0.15, 0.2) is 41.5 Å². The summed E-state index contributed by atoms with van der Waals surface area (Å²) in [6.45, 7) is 1.25. The van der Waals surface area contributed by atoms with Gasteiger partial charge < -0.3 is 20.1 Å². The normalized spacial score (nSPS) is 11.9. The molecule has 2 N–H and O–H groups in total. The number of nitrogens with one attached hydrogen (secondary N) is 2. The Morgan fingerprint density at radius 3 is 2.50 bits per heavy atom. The Balaban J connectivity index is 1.96. The molecule has 0 fully saturated rings. The summed E-state index contributed by atoms with van der Waals surface area (Å²) in [5, 5.41) is 6.18. The van der Waals surface area contributed by atoms with E-state index in [1.807, 2.05) is 25.1 Å². The van der Waals surface area contributed by atoms with E-state index in [2.05, 4.69) is 20.6 Å². The van der Waals surface area contributed by atoms with Gasteiger partial charge in [0.15, 0.2) is 12.6 Å². The molecule has 0 radical (unpaired) electrons. The molecule has 2 rings (SSSR count). The summed E-state index contributed by atoms with van der Waals surface area (Å²) in [5.74, 6) is 1.18. The Morgan fingerprint density at radius 1 is 1.14 bits per heavy atom. The van der Waals surface area contributed by atoms with Crippen LogP contribution in [0.2, 0.25) is 0 Å². The molecule has 6 nitrogen and oxygen atoms in total. The van der Waals surface area contributed by atoms with Gasteiger partial charge in [-0.15, -0.1) is 0 Å². The molecule has 0 saturated carbocycles. The van der Waals surface area contributed by atoms with Crippen LogP contribution in [-0.2, 0) is 13.1 Å². The van der Waals surface area contributed by atoms with Gasteiger partial charge in [0.05, 0.1) is 7.11 Å². The lowest BCUT2D eigenvalue weighted by Crippen LogP contribution is -2.36. The summed E-state index contributed by atoms with van der Waals surface area (Å²) < 4.78 is 47.3. The number of ether oxygens (including phenoxy) is 2. The number of hydrogen-bond donors (Lipinski definition) is 2. The van der Waals surface area contributed by atoms with Crippen LogP contribution in [0.4, 0.5) is 13.2 Å². The lowest BCUT2D eigenvalue weighted by molar-refractivity contribution is -0.154. The maximum atomic E-state index is 12.4. The lowest BCUT2D eigenvalue weighted by Gasteiger charge is -2.16. The van der Waals surface area contributed by atoms with Crippen molar-refractivity contribution in [2.45, 2.75) is 26.2 Å². The average molecular weight is 396 g/mol. The predicted molar refractivity (Wildman–Crippen MR) is 101 cm³/mol. The summed E-state index contributed by atoms with van der Waals surface area (Å²) in [5.41, 5.74) is 2.53. The first-order valence-corrected chi connectivity index (χ1v) is 8.54. The minimum atomic E-state index is -4.42. The Kier molecular flexibility index (Phi) is 7.48. The minimum Gasteiger partial charge on any atom is -0.496 e. The van der Waals surface area contributed by atoms with Crippen LogP contribution in [0.25, 0.3) is 0 Å². The first-order chi connectivity index (χ1) is 13.3. The third-order valence-electron chi connectivity index (χ3n) is 3.78. The summed E-state index contributed by atoms with van der Waals surface area (Å²) >= 11 is 0. The van der Waals surface area contributed by atoms with E-state index in [4.69, 9.17) is 9.47 Å². The molecular formula is C19H23F3N4O2. The van der Waals surface area contributed by atoms with Gasteiger partial charge in [-0.05, 0) is 24.6 Å². The van der Waals surface area contributed by atoms with Gasteiger partial charge in [0.2, 0.25) is 5.88 Å². The molecule has 1 aromatic carbocycles. The van der Waals surface area contributed by atoms with Crippen molar-refractivity contribution in [3.63, 3.8) is 0 Å². The van der Waals surface area contributed by atoms with Crippen LogP contribution < -0.4 is 20.1 Å². The first-order valence-electron chi connectivity index (χ1n) is 8.54. The quantitative estimate of drug-likeness (QED) is 0.556.